The predicted octanol–water partition coefficient (Wildman–Crippen LogP) is 3.72. The van der Waals surface area contributed by atoms with Crippen LogP contribution in [-0.2, 0) is 11.2 Å². The van der Waals surface area contributed by atoms with Gasteiger partial charge >= 0.3 is 5.97 Å². The van der Waals surface area contributed by atoms with Crippen LogP contribution in [-0.4, -0.2) is 16.2 Å². The number of hydrogen-bond acceptors (Lipinski definition) is 2. The van der Waals surface area contributed by atoms with E-state index in [1.165, 1.54) is 0 Å². The number of aryl methyl sites for hydroxylation is 1. The van der Waals surface area contributed by atoms with Crippen LogP contribution in [0.2, 0.25) is 0 Å². The van der Waals surface area contributed by atoms with Gasteiger partial charge in [0.1, 0.15) is 5.75 Å². The molecule has 4 heteroatoms. The SMILES string of the molecule is O=C(O)CCCc1c(O)ccc2cc(Br)ccc12. The van der Waals surface area contributed by atoms with Gasteiger partial charge in [-0.15, -0.1) is 0 Å². The summed E-state index contributed by atoms with van der Waals surface area (Å²) < 4.78 is 0.983. The van der Waals surface area contributed by atoms with Crippen LogP contribution in [0.15, 0.2) is 34.8 Å². The van der Waals surface area contributed by atoms with Crippen molar-refractivity contribution in [2.75, 3.05) is 0 Å². The van der Waals surface area contributed by atoms with Crippen molar-refractivity contribution in [2.24, 2.45) is 0 Å². The second-order valence-electron chi connectivity index (χ2n) is 4.18. The minimum absolute atomic E-state index is 0.117. The highest BCUT2D eigenvalue weighted by Crippen LogP contribution is 2.30. The van der Waals surface area contributed by atoms with Crippen LogP contribution in [0.1, 0.15) is 18.4 Å². The van der Waals surface area contributed by atoms with Gasteiger partial charge in [0.05, 0.1) is 0 Å². The Balaban J connectivity index is 2.35. The summed E-state index contributed by atoms with van der Waals surface area (Å²) >= 11 is 3.41. The number of carboxylic acid groups (broad SMARTS) is 1. The summed E-state index contributed by atoms with van der Waals surface area (Å²) in [6.07, 6.45) is 1.21. The van der Waals surface area contributed by atoms with E-state index < -0.39 is 5.97 Å². The second kappa shape index (κ2) is 5.40. The molecule has 0 unspecified atom stereocenters. The Labute approximate surface area is 113 Å². The summed E-state index contributed by atoms with van der Waals surface area (Å²) in [5.41, 5.74) is 0.821. The molecule has 2 rings (SSSR count). The normalized spacial score (nSPS) is 10.7. The molecule has 18 heavy (non-hydrogen) atoms. The first-order valence-corrected chi connectivity index (χ1v) is 6.49. The number of rotatable bonds is 4. The number of carboxylic acids is 1. The number of fused-ring (bicyclic) bond motifs is 1. The number of aliphatic carboxylic acids is 1. The molecule has 0 saturated heterocycles. The third kappa shape index (κ3) is 2.82. The van der Waals surface area contributed by atoms with Crippen molar-refractivity contribution in [2.45, 2.75) is 19.3 Å². The number of phenols is 1. The molecule has 0 aliphatic heterocycles. The van der Waals surface area contributed by atoms with E-state index in [-0.39, 0.29) is 12.2 Å². The number of halogens is 1. The summed E-state index contributed by atoms with van der Waals surface area (Å²) in [6, 6.07) is 9.36. The quantitative estimate of drug-likeness (QED) is 0.905. The lowest BCUT2D eigenvalue weighted by Crippen LogP contribution is -1.96. The van der Waals surface area contributed by atoms with E-state index >= 15 is 0 Å². The zero-order valence-electron chi connectivity index (χ0n) is 9.69. The Morgan fingerprint density at radius 3 is 2.72 bits per heavy atom. The van der Waals surface area contributed by atoms with Gasteiger partial charge in [-0.3, -0.25) is 4.79 Å². The smallest absolute Gasteiger partial charge is 0.303 e. The van der Waals surface area contributed by atoms with Gasteiger partial charge in [0.25, 0.3) is 0 Å². The maximum Gasteiger partial charge on any atom is 0.303 e. The van der Waals surface area contributed by atoms with Gasteiger partial charge in [-0.05, 0) is 41.8 Å². The average Bonchev–Trinajstić information content (AvgIpc) is 2.31. The molecule has 0 aliphatic carbocycles. The fourth-order valence-corrected chi connectivity index (χ4v) is 2.41. The summed E-state index contributed by atoms with van der Waals surface area (Å²) in [7, 11) is 0. The summed E-state index contributed by atoms with van der Waals surface area (Å²) in [5, 5.41) is 20.5. The molecule has 0 radical (unpaired) electrons. The molecule has 0 saturated carbocycles. The van der Waals surface area contributed by atoms with E-state index in [0.29, 0.717) is 12.8 Å². The van der Waals surface area contributed by atoms with Crippen LogP contribution in [0.25, 0.3) is 10.8 Å². The lowest BCUT2D eigenvalue weighted by atomic mass is 9.99. The van der Waals surface area contributed by atoms with Crippen LogP contribution in [0.3, 0.4) is 0 Å². The Hall–Kier alpha value is -1.55. The van der Waals surface area contributed by atoms with Gasteiger partial charge in [-0.1, -0.05) is 28.1 Å². The summed E-state index contributed by atoms with van der Waals surface area (Å²) in [5.74, 6) is -0.576. The minimum Gasteiger partial charge on any atom is -0.508 e. The zero-order valence-corrected chi connectivity index (χ0v) is 11.3. The molecule has 0 aromatic heterocycles. The molecule has 3 nitrogen and oxygen atoms in total. The number of hydrogen-bond donors (Lipinski definition) is 2. The van der Waals surface area contributed by atoms with E-state index in [0.717, 1.165) is 20.8 Å². The lowest BCUT2D eigenvalue weighted by Gasteiger charge is -2.09. The molecule has 0 bridgehead atoms. The number of benzene rings is 2. The third-order valence-corrected chi connectivity index (χ3v) is 3.38. The van der Waals surface area contributed by atoms with Crippen molar-refractivity contribution in [3.63, 3.8) is 0 Å². The van der Waals surface area contributed by atoms with E-state index in [2.05, 4.69) is 15.9 Å². The number of phenolic OH excluding ortho intramolecular Hbond substituents is 1. The predicted molar refractivity (Wildman–Crippen MR) is 73.9 cm³/mol. The Morgan fingerprint density at radius 1 is 1.22 bits per heavy atom. The summed E-state index contributed by atoms with van der Waals surface area (Å²) in [4.78, 5) is 10.5. The van der Waals surface area contributed by atoms with Gasteiger partial charge in [-0.25, -0.2) is 0 Å². The third-order valence-electron chi connectivity index (χ3n) is 2.89. The average molecular weight is 309 g/mol. The Bertz CT molecular complexity index is 593. The molecule has 0 spiro atoms. The summed E-state index contributed by atoms with van der Waals surface area (Å²) in [6.45, 7) is 0. The van der Waals surface area contributed by atoms with Crippen molar-refractivity contribution < 1.29 is 15.0 Å². The first-order chi connectivity index (χ1) is 8.58. The number of carbonyl (C=O) groups is 1. The molecule has 2 N–H and O–H groups in total. The maximum atomic E-state index is 10.5. The molecule has 2 aromatic carbocycles. The fraction of sp³-hybridized carbons (Fsp3) is 0.214. The largest absolute Gasteiger partial charge is 0.508 e. The second-order valence-corrected chi connectivity index (χ2v) is 5.09. The van der Waals surface area contributed by atoms with Crippen molar-refractivity contribution in [3.8, 4) is 5.75 Å². The molecular formula is C14H13BrO3. The topological polar surface area (TPSA) is 57.5 Å². The van der Waals surface area contributed by atoms with Crippen LogP contribution in [0, 0.1) is 0 Å². The van der Waals surface area contributed by atoms with Crippen LogP contribution in [0.5, 0.6) is 5.75 Å². The van der Waals surface area contributed by atoms with Gasteiger partial charge < -0.3 is 10.2 Å². The maximum absolute atomic E-state index is 10.5. The lowest BCUT2D eigenvalue weighted by molar-refractivity contribution is -0.137. The van der Waals surface area contributed by atoms with Crippen molar-refractivity contribution in [3.05, 3.63) is 40.4 Å². The number of aromatic hydroxyl groups is 1. The molecule has 94 valence electrons. The molecular weight excluding hydrogens is 296 g/mol. The van der Waals surface area contributed by atoms with Gasteiger partial charge in [0, 0.05) is 16.5 Å². The van der Waals surface area contributed by atoms with Gasteiger partial charge in [0.2, 0.25) is 0 Å². The van der Waals surface area contributed by atoms with Crippen molar-refractivity contribution >= 4 is 32.7 Å². The Morgan fingerprint density at radius 2 is 2.00 bits per heavy atom. The van der Waals surface area contributed by atoms with E-state index in [9.17, 15) is 9.90 Å². The monoisotopic (exact) mass is 308 g/mol. The van der Waals surface area contributed by atoms with E-state index in [4.69, 9.17) is 5.11 Å². The molecule has 0 fully saturated rings. The van der Waals surface area contributed by atoms with Crippen molar-refractivity contribution in [1.82, 2.24) is 0 Å². The minimum atomic E-state index is -0.808. The van der Waals surface area contributed by atoms with Crippen LogP contribution in [0.4, 0.5) is 0 Å². The molecule has 0 atom stereocenters. The molecule has 2 aromatic rings. The first kappa shape index (κ1) is 12.9. The van der Waals surface area contributed by atoms with Crippen molar-refractivity contribution in [1.29, 1.82) is 0 Å². The van der Waals surface area contributed by atoms with E-state index in [1.807, 2.05) is 24.3 Å². The zero-order chi connectivity index (χ0) is 13.1. The highest BCUT2D eigenvalue weighted by Gasteiger charge is 2.08. The highest BCUT2D eigenvalue weighted by molar-refractivity contribution is 9.10. The molecule has 0 aliphatic rings. The van der Waals surface area contributed by atoms with Crippen LogP contribution < -0.4 is 0 Å². The van der Waals surface area contributed by atoms with E-state index in [1.54, 1.807) is 6.07 Å². The van der Waals surface area contributed by atoms with Gasteiger partial charge in [0.15, 0.2) is 0 Å². The fourth-order valence-electron chi connectivity index (χ4n) is 2.03. The first-order valence-electron chi connectivity index (χ1n) is 5.70. The van der Waals surface area contributed by atoms with Gasteiger partial charge in [-0.2, -0.15) is 0 Å². The highest BCUT2D eigenvalue weighted by atomic mass is 79.9. The Kier molecular flexibility index (Phi) is 3.87. The standard InChI is InChI=1S/C14H13BrO3/c15-10-5-6-11-9(8-10)4-7-13(16)12(11)2-1-3-14(17)18/h4-8,16H,1-3H2,(H,17,18). The molecule has 0 amide bonds. The van der Waals surface area contributed by atoms with Crippen LogP contribution >= 0.6 is 15.9 Å². The molecule has 0 heterocycles.